The van der Waals surface area contributed by atoms with Gasteiger partial charge in [0.15, 0.2) is 0 Å². The molecule has 0 aromatic carbocycles. The number of thiophene rings is 1. The fourth-order valence-corrected chi connectivity index (χ4v) is 4.53. The van der Waals surface area contributed by atoms with Crippen LogP contribution in [-0.4, -0.2) is 28.6 Å². The van der Waals surface area contributed by atoms with Crippen molar-refractivity contribution in [2.75, 3.05) is 13.7 Å². The maximum absolute atomic E-state index is 12.8. The van der Waals surface area contributed by atoms with Crippen molar-refractivity contribution in [3.05, 3.63) is 31.3 Å². The third-order valence-corrected chi connectivity index (χ3v) is 5.53. The molecule has 6 nitrogen and oxygen atoms in total. The van der Waals surface area contributed by atoms with Crippen molar-refractivity contribution in [3.8, 4) is 0 Å². The van der Waals surface area contributed by atoms with Crippen LogP contribution < -0.4 is 11.2 Å². The Labute approximate surface area is 137 Å². The van der Waals surface area contributed by atoms with E-state index in [1.807, 2.05) is 0 Å². The van der Waals surface area contributed by atoms with Crippen LogP contribution in [0.25, 0.3) is 10.2 Å². The normalized spacial score (nSPS) is 14.2. The van der Waals surface area contributed by atoms with Crippen molar-refractivity contribution >= 4 is 27.3 Å². The Hall–Kier alpha value is -1.73. The average molecular weight is 336 g/mol. The number of Topliss-reactive ketones (excluding diaryl/α,β-unsaturated/α-hetero) is 1. The van der Waals surface area contributed by atoms with Gasteiger partial charge in [0, 0.05) is 12.0 Å². The van der Waals surface area contributed by atoms with Gasteiger partial charge < -0.3 is 4.74 Å². The summed E-state index contributed by atoms with van der Waals surface area (Å²) < 4.78 is 7.67. The fourth-order valence-electron chi connectivity index (χ4n) is 3.16. The minimum atomic E-state index is -0.423. The molecule has 2 heterocycles. The van der Waals surface area contributed by atoms with E-state index in [2.05, 4.69) is 0 Å². The zero-order valence-corrected chi connectivity index (χ0v) is 14.2. The predicted molar refractivity (Wildman–Crippen MR) is 89.5 cm³/mol. The Bertz CT molecular complexity index is 875. The molecule has 7 heteroatoms. The maximum atomic E-state index is 12.8. The summed E-state index contributed by atoms with van der Waals surface area (Å²) in [5.74, 6) is -0.100. The van der Waals surface area contributed by atoms with Crippen LogP contribution >= 0.6 is 11.3 Å². The van der Waals surface area contributed by atoms with E-state index in [1.54, 1.807) is 0 Å². The van der Waals surface area contributed by atoms with Gasteiger partial charge in [-0.05, 0) is 38.2 Å². The number of fused-ring (bicyclic) bond motifs is 3. The smallest absolute Gasteiger partial charge is 0.332 e. The summed E-state index contributed by atoms with van der Waals surface area (Å²) in [5.41, 5.74) is 0.402. The second-order valence-corrected chi connectivity index (χ2v) is 6.99. The minimum absolute atomic E-state index is 0.00197. The molecule has 1 aliphatic rings. The number of ether oxygens (including phenoxy) is 1. The molecule has 0 fully saturated rings. The highest BCUT2D eigenvalue weighted by molar-refractivity contribution is 7.18. The number of carbonyl (C=O) groups excluding carboxylic acids is 1. The van der Waals surface area contributed by atoms with Crippen molar-refractivity contribution in [1.29, 1.82) is 0 Å². The summed E-state index contributed by atoms with van der Waals surface area (Å²) in [6.45, 7) is 1.94. The fraction of sp³-hybridized carbons (Fsp3) is 0.562. The molecule has 124 valence electrons. The van der Waals surface area contributed by atoms with Crippen LogP contribution in [0.15, 0.2) is 9.59 Å². The Morgan fingerprint density at radius 2 is 1.96 bits per heavy atom. The quantitative estimate of drug-likeness (QED) is 0.826. The first-order chi connectivity index (χ1) is 11.0. The van der Waals surface area contributed by atoms with E-state index < -0.39 is 5.69 Å². The first kappa shape index (κ1) is 16.1. The molecule has 3 rings (SSSR count). The number of methoxy groups -OCH3 is 1. The Morgan fingerprint density at radius 1 is 1.22 bits per heavy atom. The lowest BCUT2D eigenvalue weighted by molar-refractivity contribution is -0.117. The van der Waals surface area contributed by atoms with Crippen LogP contribution in [0, 0.1) is 0 Å². The molecule has 0 saturated heterocycles. The summed E-state index contributed by atoms with van der Waals surface area (Å²) in [7, 11) is 1.53. The molecule has 0 bridgehead atoms. The van der Waals surface area contributed by atoms with Crippen LogP contribution in [0.1, 0.15) is 30.2 Å². The van der Waals surface area contributed by atoms with E-state index in [1.165, 1.54) is 39.4 Å². The van der Waals surface area contributed by atoms with Gasteiger partial charge in [0.1, 0.15) is 10.6 Å². The van der Waals surface area contributed by atoms with Crippen molar-refractivity contribution < 1.29 is 9.53 Å². The first-order valence-electron chi connectivity index (χ1n) is 7.81. The van der Waals surface area contributed by atoms with Crippen LogP contribution in [0.4, 0.5) is 0 Å². The predicted octanol–water partition coefficient (Wildman–Crippen LogP) is 1.34. The van der Waals surface area contributed by atoms with Crippen LogP contribution in [-0.2, 0) is 35.5 Å². The molecule has 0 unspecified atom stereocenters. The second kappa shape index (κ2) is 6.41. The van der Waals surface area contributed by atoms with Gasteiger partial charge in [-0.25, -0.2) is 4.79 Å². The highest BCUT2D eigenvalue weighted by Crippen LogP contribution is 2.34. The third kappa shape index (κ3) is 2.79. The topological polar surface area (TPSA) is 70.3 Å². The van der Waals surface area contributed by atoms with Gasteiger partial charge in [-0.1, -0.05) is 0 Å². The minimum Gasteiger partial charge on any atom is -0.383 e. The molecule has 0 spiro atoms. The number of aromatic nitrogens is 2. The van der Waals surface area contributed by atoms with Crippen molar-refractivity contribution in [1.82, 2.24) is 9.13 Å². The van der Waals surface area contributed by atoms with Crippen LogP contribution in [0.2, 0.25) is 0 Å². The van der Waals surface area contributed by atoms with Crippen molar-refractivity contribution in [2.45, 2.75) is 45.7 Å². The summed E-state index contributed by atoms with van der Waals surface area (Å²) in [6, 6.07) is 0. The number of hydrogen-bond acceptors (Lipinski definition) is 5. The number of aryl methyl sites for hydroxylation is 2. The Kier molecular flexibility index (Phi) is 4.50. The molecule has 0 atom stereocenters. The standard InChI is InChI=1S/C16H20N2O4S/c1-10(19)9-18-15-13(11-5-3-4-6-12(11)23-15)14(20)17(16(18)21)7-8-22-2/h3-9H2,1-2H3. The largest absolute Gasteiger partial charge is 0.383 e. The zero-order valence-electron chi connectivity index (χ0n) is 13.4. The second-order valence-electron chi connectivity index (χ2n) is 5.91. The molecule has 2 aromatic heterocycles. The van der Waals surface area contributed by atoms with Gasteiger partial charge in [0.2, 0.25) is 0 Å². The molecular formula is C16H20N2O4S. The molecule has 0 amide bonds. The van der Waals surface area contributed by atoms with E-state index in [0.29, 0.717) is 10.2 Å². The monoisotopic (exact) mass is 336 g/mol. The van der Waals surface area contributed by atoms with Crippen molar-refractivity contribution in [2.24, 2.45) is 0 Å². The third-order valence-electron chi connectivity index (χ3n) is 4.22. The van der Waals surface area contributed by atoms with E-state index in [0.717, 1.165) is 31.2 Å². The highest BCUT2D eigenvalue weighted by atomic mass is 32.1. The van der Waals surface area contributed by atoms with E-state index in [4.69, 9.17) is 4.74 Å². The first-order valence-corrected chi connectivity index (χ1v) is 8.62. The molecule has 0 saturated carbocycles. The summed E-state index contributed by atoms with van der Waals surface area (Å²) in [5, 5.41) is 0.627. The van der Waals surface area contributed by atoms with Gasteiger partial charge in [-0.2, -0.15) is 0 Å². The lowest BCUT2D eigenvalue weighted by atomic mass is 9.97. The van der Waals surface area contributed by atoms with E-state index >= 15 is 0 Å². The lowest BCUT2D eigenvalue weighted by Crippen LogP contribution is -2.41. The molecule has 2 aromatic rings. The Morgan fingerprint density at radius 3 is 2.65 bits per heavy atom. The van der Waals surface area contributed by atoms with Gasteiger partial charge in [-0.15, -0.1) is 11.3 Å². The van der Waals surface area contributed by atoms with E-state index in [-0.39, 0.29) is 31.0 Å². The van der Waals surface area contributed by atoms with Gasteiger partial charge in [0.05, 0.1) is 25.1 Å². The number of ketones is 1. The molecular weight excluding hydrogens is 316 g/mol. The lowest BCUT2D eigenvalue weighted by Gasteiger charge is -2.12. The molecule has 0 aliphatic heterocycles. The van der Waals surface area contributed by atoms with E-state index in [9.17, 15) is 14.4 Å². The van der Waals surface area contributed by atoms with Gasteiger partial charge in [0.25, 0.3) is 5.56 Å². The molecule has 0 N–H and O–H groups in total. The van der Waals surface area contributed by atoms with Crippen LogP contribution in [0.3, 0.4) is 0 Å². The number of hydrogen-bond donors (Lipinski definition) is 0. The van der Waals surface area contributed by atoms with Crippen LogP contribution in [0.5, 0.6) is 0 Å². The summed E-state index contributed by atoms with van der Waals surface area (Å²) in [6.07, 6.45) is 3.98. The number of carbonyl (C=O) groups is 1. The number of nitrogens with zero attached hydrogens (tertiary/aromatic N) is 2. The maximum Gasteiger partial charge on any atom is 0.332 e. The Balaban J connectivity index is 2.33. The summed E-state index contributed by atoms with van der Waals surface area (Å²) >= 11 is 1.50. The zero-order chi connectivity index (χ0) is 16.6. The van der Waals surface area contributed by atoms with Gasteiger partial charge >= 0.3 is 5.69 Å². The highest BCUT2D eigenvalue weighted by Gasteiger charge is 2.23. The molecule has 0 radical (unpaired) electrons. The number of rotatable bonds is 5. The average Bonchev–Trinajstić information content (AvgIpc) is 2.90. The van der Waals surface area contributed by atoms with Gasteiger partial charge in [-0.3, -0.25) is 18.7 Å². The summed E-state index contributed by atoms with van der Waals surface area (Å²) in [4.78, 5) is 39.0. The van der Waals surface area contributed by atoms with Crippen molar-refractivity contribution in [3.63, 3.8) is 0 Å². The molecule has 1 aliphatic carbocycles. The molecule has 23 heavy (non-hydrogen) atoms. The SMILES string of the molecule is COCCn1c(=O)c2c3c(sc2n(CC(C)=O)c1=O)CCCC3.